The summed E-state index contributed by atoms with van der Waals surface area (Å²) in [6.45, 7) is 9.20. The van der Waals surface area contributed by atoms with Gasteiger partial charge in [0.2, 0.25) is 5.91 Å². The predicted octanol–water partition coefficient (Wildman–Crippen LogP) is 3.14. The third kappa shape index (κ3) is 5.99. The summed E-state index contributed by atoms with van der Waals surface area (Å²) < 4.78 is 0. The van der Waals surface area contributed by atoms with Gasteiger partial charge in [-0.3, -0.25) is 14.5 Å². The molecule has 1 aromatic rings. The molecule has 144 valence electrons. The van der Waals surface area contributed by atoms with Crippen LogP contribution in [0.25, 0.3) is 0 Å². The van der Waals surface area contributed by atoms with Gasteiger partial charge >= 0.3 is 0 Å². The van der Waals surface area contributed by atoms with Crippen molar-refractivity contribution < 1.29 is 9.59 Å². The van der Waals surface area contributed by atoms with E-state index in [4.69, 9.17) is 11.6 Å². The van der Waals surface area contributed by atoms with Crippen LogP contribution in [0, 0.1) is 0 Å². The Kier molecular flexibility index (Phi) is 8.39. The van der Waals surface area contributed by atoms with Gasteiger partial charge in [0.1, 0.15) is 0 Å². The van der Waals surface area contributed by atoms with Gasteiger partial charge in [0.25, 0.3) is 5.91 Å². The Morgan fingerprint density at radius 3 is 2.46 bits per heavy atom. The van der Waals surface area contributed by atoms with E-state index in [1.807, 2.05) is 9.80 Å². The molecular weight excluding hydrogens is 350 g/mol. The maximum absolute atomic E-state index is 12.7. The van der Waals surface area contributed by atoms with Crippen LogP contribution in [-0.4, -0.2) is 72.3 Å². The second-order valence-corrected chi connectivity index (χ2v) is 7.25. The molecule has 2 rings (SSSR count). The zero-order valence-corrected chi connectivity index (χ0v) is 16.7. The lowest BCUT2D eigenvalue weighted by Gasteiger charge is -2.26. The number of halogens is 1. The highest BCUT2D eigenvalue weighted by molar-refractivity contribution is 6.30. The highest BCUT2D eigenvalue weighted by atomic mass is 35.5. The van der Waals surface area contributed by atoms with Crippen LogP contribution in [0.3, 0.4) is 0 Å². The predicted molar refractivity (Wildman–Crippen MR) is 106 cm³/mol. The summed E-state index contributed by atoms with van der Waals surface area (Å²) in [4.78, 5) is 31.3. The summed E-state index contributed by atoms with van der Waals surface area (Å²) in [7, 11) is 0. The van der Waals surface area contributed by atoms with E-state index < -0.39 is 0 Å². The summed E-state index contributed by atoms with van der Waals surface area (Å²) in [5.74, 6) is 0.211. The van der Waals surface area contributed by atoms with E-state index in [9.17, 15) is 9.59 Å². The molecule has 0 aromatic heterocycles. The highest BCUT2D eigenvalue weighted by Crippen LogP contribution is 2.14. The van der Waals surface area contributed by atoms with Crippen molar-refractivity contribution in [3.05, 3.63) is 34.9 Å². The molecule has 26 heavy (non-hydrogen) atoms. The zero-order chi connectivity index (χ0) is 18.9. The monoisotopic (exact) mass is 379 g/mol. The number of hydrogen-bond acceptors (Lipinski definition) is 3. The summed E-state index contributed by atoms with van der Waals surface area (Å²) >= 11 is 6.00. The summed E-state index contributed by atoms with van der Waals surface area (Å²) in [5.41, 5.74) is 0.624. The fourth-order valence-corrected chi connectivity index (χ4v) is 3.52. The lowest BCUT2D eigenvalue weighted by molar-refractivity contribution is -0.132. The third-order valence-corrected chi connectivity index (χ3v) is 4.88. The number of carbonyl (C=O) groups is 2. The van der Waals surface area contributed by atoms with Crippen LogP contribution >= 0.6 is 11.6 Å². The molecule has 0 aliphatic carbocycles. The third-order valence-electron chi connectivity index (χ3n) is 4.65. The number of nitrogens with zero attached hydrogens (tertiary/aromatic N) is 3. The Morgan fingerprint density at radius 1 is 1.08 bits per heavy atom. The van der Waals surface area contributed by atoms with Crippen LogP contribution in [0.2, 0.25) is 5.02 Å². The minimum absolute atomic E-state index is 0.0132. The van der Waals surface area contributed by atoms with E-state index in [2.05, 4.69) is 18.7 Å². The lowest BCUT2D eigenvalue weighted by Crippen LogP contribution is -2.42. The van der Waals surface area contributed by atoms with Crippen LogP contribution in [0.15, 0.2) is 24.3 Å². The zero-order valence-electron chi connectivity index (χ0n) is 15.9. The normalized spacial score (nSPS) is 15.6. The molecule has 0 atom stereocenters. The second-order valence-electron chi connectivity index (χ2n) is 6.81. The molecule has 1 heterocycles. The summed E-state index contributed by atoms with van der Waals surface area (Å²) in [5, 5.41) is 0.574. The largest absolute Gasteiger partial charge is 0.342 e. The number of hydrogen-bond donors (Lipinski definition) is 0. The molecule has 1 saturated heterocycles. The highest BCUT2D eigenvalue weighted by Gasteiger charge is 2.23. The van der Waals surface area contributed by atoms with Crippen LogP contribution < -0.4 is 0 Å². The van der Waals surface area contributed by atoms with E-state index in [0.717, 1.165) is 45.4 Å². The summed E-state index contributed by atoms with van der Waals surface area (Å²) in [6.07, 6.45) is 2.84. The van der Waals surface area contributed by atoms with E-state index >= 15 is 0 Å². The molecule has 0 radical (unpaired) electrons. The summed E-state index contributed by atoms with van der Waals surface area (Å²) in [6, 6.07) is 7.08. The molecule has 5 nitrogen and oxygen atoms in total. The van der Waals surface area contributed by atoms with Gasteiger partial charge in [-0.05, 0) is 37.5 Å². The average Bonchev–Trinajstić information content (AvgIpc) is 2.86. The van der Waals surface area contributed by atoms with Gasteiger partial charge in [-0.2, -0.15) is 0 Å². The first-order valence-electron chi connectivity index (χ1n) is 9.60. The van der Waals surface area contributed by atoms with Crippen molar-refractivity contribution >= 4 is 23.4 Å². The Morgan fingerprint density at radius 2 is 1.81 bits per heavy atom. The van der Waals surface area contributed by atoms with Crippen molar-refractivity contribution in [1.82, 2.24) is 14.7 Å². The number of carbonyl (C=O) groups excluding carboxylic acids is 2. The molecule has 6 heteroatoms. The molecular formula is C20H30ClN3O2. The van der Waals surface area contributed by atoms with Crippen LogP contribution in [0.4, 0.5) is 0 Å². The van der Waals surface area contributed by atoms with Crippen molar-refractivity contribution in [2.45, 2.75) is 33.1 Å². The topological polar surface area (TPSA) is 43.9 Å². The molecule has 1 aromatic carbocycles. The first-order chi connectivity index (χ1) is 12.5. The second kappa shape index (κ2) is 10.5. The standard InChI is InChI=1S/C20H30ClN3O2/c1-3-9-23(10-4-2)19(25)16-22-11-6-12-24(14-13-22)20(26)17-7-5-8-18(21)15-17/h5,7-8,15H,3-4,6,9-14,16H2,1-2H3. The van der Waals surface area contributed by atoms with Gasteiger partial charge < -0.3 is 9.80 Å². The van der Waals surface area contributed by atoms with Gasteiger partial charge in [-0.1, -0.05) is 31.5 Å². The van der Waals surface area contributed by atoms with Crippen LogP contribution in [0.5, 0.6) is 0 Å². The van der Waals surface area contributed by atoms with Crippen molar-refractivity contribution in [3.63, 3.8) is 0 Å². The molecule has 0 N–H and O–H groups in total. The van der Waals surface area contributed by atoms with Crippen molar-refractivity contribution in [3.8, 4) is 0 Å². The van der Waals surface area contributed by atoms with Gasteiger partial charge in [0.15, 0.2) is 0 Å². The SMILES string of the molecule is CCCN(CCC)C(=O)CN1CCCN(C(=O)c2cccc(Cl)c2)CC1. The molecule has 1 aliphatic rings. The Bertz CT molecular complexity index is 602. The van der Waals surface area contributed by atoms with Crippen molar-refractivity contribution in [2.75, 3.05) is 45.8 Å². The molecule has 0 spiro atoms. The first-order valence-corrected chi connectivity index (χ1v) is 9.98. The van der Waals surface area contributed by atoms with Crippen LogP contribution in [0.1, 0.15) is 43.5 Å². The van der Waals surface area contributed by atoms with Crippen LogP contribution in [-0.2, 0) is 4.79 Å². The Balaban J connectivity index is 1.91. The first kappa shape index (κ1) is 20.7. The van der Waals surface area contributed by atoms with Gasteiger partial charge in [0.05, 0.1) is 6.54 Å². The van der Waals surface area contributed by atoms with Gasteiger partial charge in [-0.15, -0.1) is 0 Å². The Hall–Kier alpha value is -1.59. The number of amides is 2. The fourth-order valence-electron chi connectivity index (χ4n) is 3.33. The van der Waals surface area contributed by atoms with E-state index in [1.165, 1.54) is 0 Å². The minimum Gasteiger partial charge on any atom is -0.342 e. The molecule has 0 saturated carbocycles. The smallest absolute Gasteiger partial charge is 0.253 e. The van der Waals surface area contributed by atoms with E-state index in [1.54, 1.807) is 24.3 Å². The van der Waals surface area contributed by atoms with Gasteiger partial charge in [0, 0.05) is 49.9 Å². The minimum atomic E-state index is 0.0132. The fraction of sp³-hybridized carbons (Fsp3) is 0.600. The molecule has 2 amide bonds. The molecule has 1 fully saturated rings. The number of benzene rings is 1. The maximum atomic E-state index is 12.7. The average molecular weight is 380 g/mol. The quantitative estimate of drug-likeness (QED) is 0.731. The van der Waals surface area contributed by atoms with Crippen molar-refractivity contribution in [1.29, 1.82) is 0 Å². The lowest BCUT2D eigenvalue weighted by atomic mass is 10.2. The number of rotatable bonds is 7. The van der Waals surface area contributed by atoms with Gasteiger partial charge in [-0.25, -0.2) is 0 Å². The maximum Gasteiger partial charge on any atom is 0.253 e. The molecule has 0 unspecified atom stereocenters. The van der Waals surface area contributed by atoms with E-state index in [0.29, 0.717) is 30.2 Å². The molecule has 0 bridgehead atoms. The van der Waals surface area contributed by atoms with E-state index in [-0.39, 0.29) is 11.8 Å². The van der Waals surface area contributed by atoms with Crippen molar-refractivity contribution in [2.24, 2.45) is 0 Å². The Labute approximate surface area is 161 Å². The molecule has 1 aliphatic heterocycles.